The third-order valence-corrected chi connectivity index (χ3v) is 5.70. The highest BCUT2D eigenvalue weighted by molar-refractivity contribution is 4.85. The van der Waals surface area contributed by atoms with Crippen LogP contribution in [-0.4, -0.2) is 0 Å². The van der Waals surface area contributed by atoms with E-state index in [1.54, 1.807) is 57.8 Å². The van der Waals surface area contributed by atoms with Crippen LogP contribution >= 0.6 is 0 Å². The fourth-order valence-corrected chi connectivity index (χ4v) is 4.51. The molecule has 0 heteroatoms. The first-order valence-corrected chi connectivity index (χ1v) is 7.43. The van der Waals surface area contributed by atoms with Crippen LogP contribution in [0.5, 0.6) is 0 Å². The third-order valence-electron chi connectivity index (χ3n) is 5.70. The molecule has 3 saturated carbocycles. The van der Waals surface area contributed by atoms with Crippen LogP contribution in [0.1, 0.15) is 70.6 Å². The molecule has 0 N–H and O–H groups in total. The number of rotatable bonds is 0. The van der Waals surface area contributed by atoms with Gasteiger partial charge in [-0.1, -0.05) is 44.9 Å². The van der Waals surface area contributed by atoms with Gasteiger partial charge in [0.25, 0.3) is 0 Å². The van der Waals surface area contributed by atoms with E-state index in [1.165, 1.54) is 12.8 Å². The summed E-state index contributed by atoms with van der Waals surface area (Å²) in [5.41, 5.74) is 0. The van der Waals surface area contributed by atoms with Crippen LogP contribution in [0.15, 0.2) is 0 Å². The molecular formula is C15H26. The molecule has 3 aliphatic rings. The third kappa shape index (κ3) is 2.10. The minimum atomic E-state index is 1.14. The molecule has 0 bridgehead atoms. The standard InChI is InChI=1S/C15H26/c1-2-5-13-8-10-15-11-9-14(15)7-3-6-12(13)4-1/h12-15H,1-11H2. The zero-order valence-electron chi connectivity index (χ0n) is 10.1. The van der Waals surface area contributed by atoms with Crippen molar-refractivity contribution >= 4 is 0 Å². The second kappa shape index (κ2) is 4.47. The first-order chi connectivity index (χ1) is 7.43. The van der Waals surface area contributed by atoms with Crippen LogP contribution in [0.25, 0.3) is 0 Å². The molecule has 4 unspecified atom stereocenters. The summed E-state index contributed by atoms with van der Waals surface area (Å²) in [6, 6.07) is 0. The Morgan fingerprint density at radius 2 is 0.667 bits per heavy atom. The van der Waals surface area contributed by atoms with Crippen molar-refractivity contribution in [3.05, 3.63) is 0 Å². The van der Waals surface area contributed by atoms with E-state index in [0.717, 1.165) is 23.7 Å². The minimum Gasteiger partial charge on any atom is -0.0530 e. The molecule has 0 amide bonds. The molecule has 4 atom stereocenters. The molecule has 0 aromatic heterocycles. The Bertz CT molecular complexity index is 208. The average Bonchev–Trinajstić information content (AvgIpc) is 2.29. The molecule has 0 aromatic rings. The molecule has 0 aliphatic heterocycles. The summed E-state index contributed by atoms with van der Waals surface area (Å²) in [6.45, 7) is 0. The normalized spacial score (nSPS) is 46.4. The Labute approximate surface area is 94.8 Å². The highest BCUT2D eigenvalue weighted by Crippen LogP contribution is 2.46. The average molecular weight is 206 g/mol. The van der Waals surface area contributed by atoms with Crippen molar-refractivity contribution in [3.8, 4) is 0 Å². The maximum atomic E-state index is 1.59. The molecule has 15 heavy (non-hydrogen) atoms. The molecular weight excluding hydrogens is 180 g/mol. The Morgan fingerprint density at radius 1 is 0.333 bits per heavy atom. The van der Waals surface area contributed by atoms with E-state index in [2.05, 4.69) is 0 Å². The van der Waals surface area contributed by atoms with Crippen LogP contribution in [0.3, 0.4) is 0 Å². The molecule has 0 heterocycles. The Hall–Kier alpha value is 0. The van der Waals surface area contributed by atoms with Crippen molar-refractivity contribution in [2.45, 2.75) is 70.6 Å². The molecule has 0 spiro atoms. The summed E-state index contributed by atoms with van der Waals surface area (Å²) in [4.78, 5) is 0. The second-order valence-electron chi connectivity index (χ2n) is 6.41. The zero-order valence-corrected chi connectivity index (χ0v) is 10.1. The summed E-state index contributed by atoms with van der Waals surface area (Å²) in [5, 5.41) is 0. The van der Waals surface area contributed by atoms with E-state index in [1.807, 2.05) is 0 Å². The van der Waals surface area contributed by atoms with E-state index in [0.29, 0.717) is 0 Å². The van der Waals surface area contributed by atoms with Crippen LogP contribution < -0.4 is 0 Å². The highest BCUT2D eigenvalue weighted by Gasteiger charge is 2.34. The van der Waals surface area contributed by atoms with Gasteiger partial charge in [0.05, 0.1) is 0 Å². The lowest BCUT2D eigenvalue weighted by molar-refractivity contribution is 0.142. The van der Waals surface area contributed by atoms with Gasteiger partial charge in [0.15, 0.2) is 0 Å². The van der Waals surface area contributed by atoms with E-state index >= 15 is 0 Å². The lowest BCUT2D eigenvalue weighted by atomic mass is 9.69. The summed E-state index contributed by atoms with van der Waals surface area (Å²) < 4.78 is 0. The van der Waals surface area contributed by atoms with Gasteiger partial charge in [0, 0.05) is 0 Å². The first kappa shape index (κ1) is 10.2. The van der Waals surface area contributed by atoms with E-state index in [4.69, 9.17) is 0 Å². The topological polar surface area (TPSA) is 0 Å². The number of hydrogen-bond acceptors (Lipinski definition) is 0. The highest BCUT2D eigenvalue weighted by atomic mass is 14.4. The Kier molecular flexibility index (Phi) is 3.03. The summed E-state index contributed by atoms with van der Waals surface area (Å²) in [5.74, 6) is 4.59. The predicted molar refractivity (Wildman–Crippen MR) is 64.7 cm³/mol. The summed E-state index contributed by atoms with van der Waals surface area (Å²) in [7, 11) is 0. The van der Waals surface area contributed by atoms with Gasteiger partial charge in [-0.25, -0.2) is 0 Å². The second-order valence-corrected chi connectivity index (χ2v) is 6.41. The van der Waals surface area contributed by atoms with Gasteiger partial charge in [-0.3, -0.25) is 0 Å². The van der Waals surface area contributed by atoms with E-state index in [9.17, 15) is 0 Å². The molecule has 3 fully saturated rings. The van der Waals surface area contributed by atoms with Gasteiger partial charge in [0.1, 0.15) is 0 Å². The molecule has 0 radical (unpaired) electrons. The monoisotopic (exact) mass is 206 g/mol. The SMILES string of the molecule is C1CCC2CCC3CCC3CCCC2C1. The van der Waals surface area contributed by atoms with Gasteiger partial charge in [-0.15, -0.1) is 0 Å². The zero-order chi connectivity index (χ0) is 10.1. The lowest BCUT2D eigenvalue weighted by Gasteiger charge is -2.37. The van der Waals surface area contributed by atoms with Crippen LogP contribution in [0.2, 0.25) is 0 Å². The summed E-state index contributed by atoms with van der Waals surface area (Å²) >= 11 is 0. The number of fused-ring (bicyclic) bond motifs is 2. The summed E-state index contributed by atoms with van der Waals surface area (Å²) in [6.07, 6.45) is 17.2. The van der Waals surface area contributed by atoms with Crippen molar-refractivity contribution in [3.63, 3.8) is 0 Å². The van der Waals surface area contributed by atoms with Crippen molar-refractivity contribution in [1.29, 1.82) is 0 Å². The van der Waals surface area contributed by atoms with Gasteiger partial charge in [0.2, 0.25) is 0 Å². The van der Waals surface area contributed by atoms with E-state index < -0.39 is 0 Å². The molecule has 0 nitrogen and oxygen atoms in total. The van der Waals surface area contributed by atoms with Crippen molar-refractivity contribution in [2.24, 2.45) is 23.7 Å². The lowest BCUT2D eigenvalue weighted by Crippen LogP contribution is -2.26. The van der Waals surface area contributed by atoms with Gasteiger partial charge >= 0.3 is 0 Å². The molecule has 0 aromatic carbocycles. The van der Waals surface area contributed by atoms with Crippen LogP contribution in [0, 0.1) is 23.7 Å². The van der Waals surface area contributed by atoms with Crippen LogP contribution in [-0.2, 0) is 0 Å². The fraction of sp³-hybridized carbons (Fsp3) is 1.00. The predicted octanol–water partition coefficient (Wildman–Crippen LogP) is 4.78. The number of hydrogen-bond donors (Lipinski definition) is 0. The smallest absolute Gasteiger partial charge is 0.0386 e. The minimum absolute atomic E-state index is 1.14. The molecule has 0 saturated heterocycles. The van der Waals surface area contributed by atoms with Crippen LogP contribution in [0.4, 0.5) is 0 Å². The van der Waals surface area contributed by atoms with Gasteiger partial charge < -0.3 is 0 Å². The van der Waals surface area contributed by atoms with Crippen molar-refractivity contribution in [1.82, 2.24) is 0 Å². The van der Waals surface area contributed by atoms with Gasteiger partial charge in [-0.05, 0) is 49.4 Å². The largest absolute Gasteiger partial charge is 0.0530 e. The van der Waals surface area contributed by atoms with Gasteiger partial charge in [-0.2, -0.15) is 0 Å². The van der Waals surface area contributed by atoms with Crippen molar-refractivity contribution < 1.29 is 0 Å². The fourth-order valence-electron chi connectivity index (χ4n) is 4.51. The maximum absolute atomic E-state index is 1.59. The Morgan fingerprint density at radius 3 is 1.20 bits per heavy atom. The molecule has 3 aliphatic carbocycles. The molecule has 86 valence electrons. The Balaban J connectivity index is 1.63. The van der Waals surface area contributed by atoms with Crippen molar-refractivity contribution in [2.75, 3.05) is 0 Å². The molecule has 3 rings (SSSR count). The van der Waals surface area contributed by atoms with E-state index in [-0.39, 0.29) is 0 Å². The maximum Gasteiger partial charge on any atom is -0.0386 e. The quantitative estimate of drug-likeness (QED) is 0.535. The first-order valence-electron chi connectivity index (χ1n) is 7.43.